The molecule has 9 heteroatoms. The maximum atomic E-state index is 12.8. The molecular weight excluding hydrogens is 490 g/mol. The van der Waals surface area contributed by atoms with E-state index in [1.807, 2.05) is 0 Å². The first-order valence-corrected chi connectivity index (χ1v) is 11.5. The highest BCUT2D eigenvalue weighted by atomic mass is 16.5. The molecule has 0 fully saturated rings. The molecule has 1 amide bonds. The second-order valence-electron chi connectivity index (χ2n) is 7.81. The van der Waals surface area contributed by atoms with Gasteiger partial charge >= 0.3 is 0 Å². The van der Waals surface area contributed by atoms with Crippen molar-refractivity contribution >= 4 is 29.8 Å². The molecule has 0 spiro atoms. The number of phenols is 1. The number of nitrogens with one attached hydrogen (secondary N) is 1. The largest absolute Gasteiger partial charge is 0.506 e. The number of hydrogen-bond donors (Lipinski definition) is 2. The Morgan fingerprint density at radius 3 is 1.61 bits per heavy atom. The summed E-state index contributed by atoms with van der Waals surface area (Å²) in [6, 6.07) is 12.0. The minimum atomic E-state index is -0.442. The topological polar surface area (TPSA) is 105 Å². The van der Waals surface area contributed by atoms with Gasteiger partial charge in [0.05, 0.1) is 48.3 Å². The van der Waals surface area contributed by atoms with Crippen molar-refractivity contribution in [1.29, 1.82) is 0 Å². The number of amides is 1. The van der Waals surface area contributed by atoms with Gasteiger partial charge in [0, 0.05) is 11.6 Å². The van der Waals surface area contributed by atoms with Crippen molar-refractivity contribution in [3.63, 3.8) is 0 Å². The van der Waals surface area contributed by atoms with Gasteiger partial charge in [0.15, 0.2) is 23.0 Å². The van der Waals surface area contributed by atoms with Crippen molar-refractivity contribution in [1.82, 2.24) is 0 Å². The van der Waals surface area contributed by atoms with Crippen LogP contribution < -0.4 is 33.7 Å². The van der Waals surface area contributed by atoms with E-state index in [1.54, 1.807) is 68.8 Å². The van der Waals surface area contributed by atoms with Crippen LogP contribution in [0.5, 0.6) is 40.2 Å². The minimum Gasteiger partial charge on any atom is -0.506 e. The molecule has 0 heterocycles. The van der Waals surface area contributed by atoms with E-state index in [1.165, 1.54) is 40.6 Å². The average Bonchev–Trinajstić information content (AvgIpc) is 2.94. The van der Waals surface area contributed by atoms with Crippen LogP contribution in [-0.2, 0) is 4.79 Å². The Morgan fingerprint density at radius 1 is 0.684 bits per heavy atom. The highest BCUT2D eigenvalue weighted by Crippen LogP contribution is 2.40. The van der Waals surface area contributed by atoms with E-state index >= 15 is 0 Å². The standard InChI is InChI=1S/C29H31NO8/c1-33-22-14-18(15-23(34-2)28(22)37-5)10-12-20-8-7-9-21(31)27(20)30-26(32)13-11-19-16-24(35-3)29(38-6)25(17-19)36-4/h7-17,31H,1-6H3,(H,30,32)/b12-10+,13-11+. The summed E-state index contributed by atoms with van der Waals surface area (Å²) in [5.41, 5.74) is 2.28. The number of carbonyl (C=O) groups is 1. The minimum absolute atomic E-state index is 0.0772. The molecule has 9 nitrogen and oxygen atoms in total. The van der Waals surface area contributed by atoms with E-state index in [0.717, 1.165) is 5.56 Å². The Bertz CT molecular complexity index is 1300. The number of phenolic OH excluding ortho intramolecular Hbond substituents is 1. The van der Waals surface area contributed by atoms with Crippen LogP contribution in [0, 0.1) is 0 Å². The number of hydrogen-bond acceptors (Lipinski definition) is 8. The lowest BCUT2D eigenvalue weighted by Gasteiger charge is -2.13. The number of ether oxygens (including phenoxy) is 6. The van der Waals surface area contributed by atoms with Crippen molar-refractivity contribution < 1.29 is 38.3 Å². The molecule has 0 atom stereocenters. The fourth-order valence-electron chi connectivity index (χ4n) is 3.75. The zero-order chi connectivity index (χ0) is 27.7. The first kappa shape index (κ1) is 27.8. The Balaban J connectivity index is 1.86. The summed E-state index contributed by atoms with van der Waals surface area (Å²) in [6.07, 6.45) is 6.52. The molecule has 0 radical (unpaired) electrons. The zero-order valence-corrected chi connectivity index (χ0v) is 22.2. The molecule has 3 aromatic rings. The molecular formula is C29H31NO8. The van der Waals surface area contributed by atoms with Gasteiger partial charge in [-0.15, -0.1) is 0 Å². The lowest BCUT2D eigenvalue weighted by Crippen LogP contribution is -2.09. The molecule has 38 heavy (non-hydrogen) atoms. The van der Waals surface area contributed by atoms with Gasteiger partial charge in [-0.25, -0.2) is 0 Å². The Morgan fingerprint density at radius 2 is 1.16 bits per heavy atom. The maximum Gasteiger partial charge on any atom is 0.248 e. The van der Waals surface area contributed by atoms with Crippen molar-refractivity contribution in [3.8, 4) is 40.2 Å². The summed E-state index contributed by atoms with van der Waals surface area (Å²) in [6.45, 7) is 0. The predicted molar refractivity (Wildman–Crippen MR) is 147 cm³/mol. The van der Waals surface area contributed by atoms with Crippen LogP contribution in [0.3, 0.4) is 0 Å². The third kappa shape index (κ3) is 6.31. The van der Waals surface area contributed by atoms with Crippen LogP contribution in [-0.4, -0.2) is 53.7 Å². The fraction of sp³-hybridized carbons (Fsp3) is 0.207. The van der Waals surface area contributed by atoms with Gasteiger partial charge in [0.1, 0.15) is 5.75 Å². The summed E-state index contributed by atoms with van der Waals surface area (Å²) in [5.74, 6) is 2.36. The zero-order valence-electron chi connectivity index (χ0n) is 22.2. The number of anilines is 1. The molecule has 0 saturated heterocycles. The van der Waals surface area contributed by atoms with Crippen LogP contribution in [0.4, 0.5) is 5.69 Å². The normalized spacial score (nSPS) is 10.9. The Labute approximate surface area is 221 Å². The summed E-state index contributed by atoms with van der Waals surface area (Å²) in [4.78, 5) is 12.8. The second-order valence-corrected chi connectivity index (χ2v) is 7.81. The SMILES string of the molecule is COc1cc(/C=C/C(=O)Nc2c(O)cccc2/C=C/c2cc(OC)c(OC)c(OC)c2)cc(OC)c1OC. The monoisotopic (exact) mass is 521 g/mol. The smallest absolute Gasteiger partial charge is 0.248 e. The number of carbonyl (C=O) groups excluding carboxylic acids is 1. The third-order valence-electron chi connectivity index (χ3n) is 5.58. The van der Waals surface area contributed by atoms with Gasteiger partial charge in [-0.2, -0.15) is 0 Å². The molecule has 0 aromatic heterocycles. The van der Waals surface area contributed by atoms with Crippen LogP contribution >= 0.6 is 0 Å². The molecule has 0 unspecified atom stereocenters. The highest BCUT2D eigenvalue weighted by molar-refractivity contribution is 6.04. The van der Waals surface area contributed by atoms with E-state index in [0.29, 0.717) is 45.6 Å². The van der Waals surface area contributed by atoms with Crippen molar-refractivity contribution in [3.05, 3.63) is 65.2 Å². The first-order valence-electron chi connectivity index (χ1n) is 11.5. The maximum absolute atomic E-state index is 12.8. The van der Waals surface area contributed by atoms with Gasteiger partial charge in [-0.05, 0) is 47.5 Å². The number of para-hydroxylation sites is 1. The number of methoxy groups -OCH3 is 6. The van der Waals surface area contributed by atoms with Gasteiger partial charge in [0.2, 0.25) is 17.4 Å². The lowest BCUT2D eigenvalue weighted by atomic mass is 10.1. The molecule has 0 aliphatic carbocycles. The fourth-order valence-corrected chi connectivity index (χ4v) is 3.75. The first-order chi connectivity index (χ1) is 18.4. The Hall–Kier alpha value is -4.79. The molecule has 0 saturated carbocycles. The number of rotatable bonds is 11. The van der Waals surface area contributed by atoms with Crippen LogP contribution in [0.1, 0.15) is 16.7 Å². The van der Waals surface area contributed by atoms with Crippen molar-refractivity contribution in [2.45, 2.75) is 0 Å². The van der Waals surface area contributed by atoms with Gasteiger partial charge < -0.3 is 38.8 Å². The molecule has 3 rings (SSSR count). The molecule has 0 aliphatic heterocycles. The van der Waals surface area contributed by atoms with E-state index in [9.17, 15) is 9.90 Å². The van der Waals surface area contributed by atoms with Gasteiger partial charge in [-0.1, -0.05) is 24.3 Å². The quantitative estimate of drug-likeness (QED) is 0.200. The molecule has 200 valence electrons. The van der Waals surface area contributed by atoms with Gasteiger partial charge in [-0.3, -0.25) is 4.79 Å². The highest BCUT2D eigenvalue weighted by Gasteiger charge is 2.14. The van der Waals surface area contributed by atoms with E-state index in [2.05, 4.69) is 5.32 Å². The van der Waals surface area contributed by atoms with Crippen molar-refractivity contribution in [2.24, 2.45) is 0 Å². The van der Waals surface area contributed by atoms with Crippen LogP contribution in [0.2, 0.25) is 0 Å². The molecule has 3 aromatic carbocycles. The van der Waals surface area contributed by atoms with Gasteiger partial charge in [0.25, 0.3) is 0 Å². The third-order valence-corrected chi connectivity index (χ3v) is 5.58. The average molecular weight is 522 g/mol. The predicted octanol–water partition coefficient (Wildman–Crippen LogP) is 5.27. The lowest BCUT2D eigenvalue weighted by molar-refractivity contribution is -0.111. The van der Waals surface area contributed by atoms with Crippen molar-refractivity contribution in [2.75, 3.05) is 48.0 Å². The molecule has 2 N–H and O–H groups in total. The number of aromatic hydroxyl groups is 1. The summed E-state index contributed by atoms with van der Waals surface area (Å²) in [7, 11) is 9.17. The van der Waals surface area contributed by atoms with E-state index < -0.39 is 5.91 Å². The summed E-state index contributed by atoms with van der Waals surface area (Å²) >= 11 is 0. The summed E-state index contributed by atoms with van der Waals surface area (Å²) < 4.78 is 32.2. The van der Waals surface area contributed by atoms with E-state index in [4.69, 9.17) is 28.4 Å². The Kier molecular flexibility index (Phi) is 9.48. The molecule has 0 aliphatic rings. The van der Waals surface area contributed by atoms with Crippen LogP contribution in [0.15, 0.2) is 48.5 Å². The number of benzene rings is 3. The van der Waals surface area contributed by atoms with E-state index in [-0.39, 0.29) is 11.4 Å². The molecule has 0 bridgehead atoms. The summed E-state index contributed by atoms with van der Waals surface area (Å²) in [5, 5.41) is 13.2. The van der Waals surface area contributed by atoms with Crippen LogP contribution in [0.25, 0.3) is 18.2 Å². The second kappa shape index (κ2) is 13.0.